The van der Waals surface area contributed by atoms with Crippen molar-refractivity contribution >= 4 is 23.2 Å². The molecule has 0 spiro atoms. The maximum atomic E-state index is 14.1. The fraction of sp³-hybridized carbons (Fsp3) is 0.314. The van der Waals surface area contributed by atoms with Gasteiger partial charge in [-0.15, -0.1) is 12.8 Å². The molecular formula is C35H40ClFN4O3. The number of pyridine rings is 1. The number of terminal acetylenes is 1. The number of aryl methyl sites for hydroxylation is 1. The molecule has 1 fully saturated rings. The first-order valence-electron chi connectivity index (χ1n) is 14.3. The molecule has 2 N–H and O–H groups in total. The maximum absolute atomic E-state index is 14.1. The van der Waals surface area contributed by atoms with Gasteiger partial charge in [-0.25, -0.2) is 9.37 Å². The Morgan fingerprint density at radius 1 is 1.20 bits per heavy atom. The largest absolute Gasteiger partial charge is 0.504 e. The molecule has 1 amide bonds. The summed E-state index contributed by atoms with van der Waals surface area (Å²) >= 11 is 5.85. The average molecular weight is 619 g/mol. The van der Waals surface area contributed by atoms with Crippen molar-refractivity contribution < 1.29 is 18.7 Å². The van der Waals surface area contributed by atoms with Crippen LogP contribution in [0.25, 0.3) is 0 Å². The molecule has 9 heteroatoms. The van der Waals surface area contributed by atoms with Gasteiger partial charge in [0.15, 0.2) is 0 Å². The molecule has 1 aromatic heterocycles. The van der Waals surface area contributed by atoms with Gasteiger partial charge in [-0.05, 0) is 81.2 Å². The minimum Gasteiger partial charge on any atom is -0.504 e. The van der Waals surface area contributed by atoms with E-state index < -0.39 is 11.7 Å². The lowest BCUT2D eigenvalue weighted by molar-refractivity contribution is 0.100. The predicted octanol–water partition coefficient (Wildman–Crippen LogP) is 6.86. The van der Waals surface area contributed by atoms with E-state index in [1.54, 1.807) is 37.6 Å². The van der Waals surface area contributed by atoms with E-state index in [-0.39, 0.29) is 6.61 Å². The highest BCUT2D eigenvalue weighted by Crippen LogP contribution is 2.30. The van der Waals surface area contributed by atoms with Gasteiger partial charge in [-0.2, -0.15) is 0 Å². The summed E-state index contributed by atoms with van der Waals surface area (Å²) in [5.41, 5.74) is 11.3. The number of hydrogen-bond acceptors (Lipinski definition) is 6. The Morgan fingerprint density at radius 2 is 1.93 bits per heavy atom. The number of carbonyl (C=O) groups excluding carboxylic acids is 1. The summed E-state index contributed by atoms with van der Waals surface area (Å²) in [6.07, 6.45) is 11.6. The van der Waals surface area contributed by atoms with Crippen molar-refractivity contribution in [2.45, 2.75) is 39.2 Å². The molecule has 1 aliphatic heterocycles. The van der Waals surface area contributed by atoms with Crippen molar-refractivity contribution in [1.29, 1.82) is 0 Å². The molecule has 1 saturated heterocycles. The van der Waals surface area contributed by atoms with E-state index in [0.717, 1.165) is 54.1 Å². The molecule has 4 rings (SSSR count). The normalized spacial score (nSPS) is 13.8. The van der Waals surface area contributed by atoms with Crippen LogP contribution in [-0.2, 0) is 11.3 Å². The van der Waals surface area contributed by atoms with Gasteiger partial charge in [0.1, 0.15) is 12.4 Å². The first-order valence-corrected chi connectivity index (χ1v) is 14.7. The third kappa shape index (κ3) is 9.34. The number of primary amides is 1. The maximum Gasteiger partial charge on any atom is 0.248 e. The van der Waals surface area contributed by atoms with Crippen LogP contribution in [-0.4, -0.2) is 49.1 Å². The third-order valence-corrected chi connectivity index (χ3v) is 7.68. The lowest BCUT2D eigenvalue weighted by Crippen LogP contribution is -2.38. The summed E-state index contributed by atoms with van der Waals surface area (Å²) in [6, 6.07) is 15.8. The molecule has 0 radical (unpaired) electrons. The summed E-state index contributed by atoms with van der Waals surface area (Å²) in [4.78, 5) is 21.1. The highest BCUT2D eigenvalue weighted by atomic mass is 35.5. The molecule has 0 saturated carbocycles. The van der Waals surface area contributed by atoms with Crippen LogP contribution in [0.4, 0.5) is 10.1 Å². The van der Waals surface area contributed by atoms with E-state index in [0.29, 0.717) is 41.0 Å². The molecule has 0 bridgehead atoms. The SMILES string of the molecule is C#C.C=C(CN1CCC(c2cccc(OCc3ccc(Cl)cc3F)n2)CC1)N(C/C(C)=C/OC)c1cc(C(N)=O)ccc1C. The smallest absolute Gasteiger partial charge is 0.248 e. The van der Waals surface area contributed by atoms with Crippen molar-refractivity contribution in [3.63, 3.8) is 0 Å². The summed E-state index contributed by atoms with van der Waals surface area (Å²) in [7, 11) is 1.63. The number of aromatic nitrogens is 1. The third-order valence-electron chi connectivity index (χ3n) is 7.44. The van der Waals surface area contributed by atoms with Crippen LogP contribution in [0, 0.1) is 25.6 Å². The number of rotatable bonds is 12. The van der Waals surface area contributed by atoms with Gasteiger partial charge in [0, 0.05) is 58.3 Å². The number of carbonyl (C=O) groups is 1. The van der Waals surface area contributed by atoms with Crippen LogP contribution in [0.3, 0.4) is 0 Å². The zero-order chi connectivity index (χ0) is 32.2. The Labute approximate surface area is 265 Å². The van der Waals surface area contributed by atoms with Crippen LogP contribution in [0.15, 0.2) is 78.7 Å². The molecule has 7 nitrogen and oxygen atoms in total. The minimum absolute atomic E-state index is 0.0807. The van der Waals surface area contributed by atoms with E-state index in [2.05, 4.69) is 29.2 Å². The Hall–Kier alpha value is -4.32. The van der Waals surface area contributed by atoms with Gasteiger partial charge in [-0.3, -0.25) is 9.69 Å². The number of likely N-dealkylation sites (tertiary alicyclic amines) is 1. The number of amides is 1. The summed E-state index contributed by atoms with van der Waals surface area (Å²) in [5, 5.41) is 0.351. The molecule has 2 aromatic carbocycles. The van der Waals surface area contributed by atoms with Gasteiger partial charge < -0.3 is 20.1 Å². The van der Waals surface area contributed by atoms with Crippen molar-refractivity contribution in [2.75, 3.05) is 38.2 Å². The summed E-state index contributed by atoms with van der Waals surface area (Å²) < 4.78 is 25.2. The van der Waals surface area contributed by atoms with Crippen molar-refractivity contribution in [2.24, 2.45) is 5.73 Å². The molecule has 1 aliphatic rings. The number of halogens is 2. The van der Waals surface area contributed by atoms with E-state index in [4.69, 9.17) is 31.8 Å². The average Bonchev–Trinajstić information content (AvgIpc) is 3.01. The second-order valence-corrected chi connectivity index (χ2v) is 11.1. The fourth-order valence-electron chi connectivity index (χ4n) is 5.17. The van der Waals surface area contributed by atoms with Gasteiger partial charge in [0.05, 0.1) is 13.4 Å². The number of piperidine rings is 1. The van der Waals surface area contributed by atoms with Crippen LogP contribution in [0.2, 0.25) is 5.02 Å². The highest BCUT2D eigenvalue weighted by Gasteiger charge is 2.24. The van der Waals surface area contributed by atoms with Gasteiger partial charge in [-0.1, -0.05) is 36.4 Å². The fourth-order valence-corrected chi connectivity index (χ4v) is 5.33. The molecule has 2 heterocycles. The Balaban J connectivity index is 0.00000259. The second-order valence-electron chi connectivity index (χ2n) is 10.7. The number of nitrogens with two attached hydrogens (primary N) is 1. The number of hydrogen-bond donors (Lipinski definition) is 1. The zero-order valence-electron chi connectivity index (χ0n) is 25.6. The number of benzene rings is 2. The first-order chi connectivity index (χ1) is 21.1. The Bertz CT molecular complexity index is 1500. The van der Waals surface area contributed by atoms with E-state index in [1.807, 2.05) is 38.1 Å². The van der Waals surface area contributed by atoms with E-state index in [9.17, 15) is 9.18 Å². The van der Waals surface area contributed by atoms with E-state index >= 15 is 0 Å². The van der Waals surface area contributed by atoms with Gasteiger partial charge in [0.2, 0.25) is 11.8 Å². The molecule has 3 aromatic rings. The minimum atomic E-state index is -0.465. The molecule has 232 valence electrons. The quantitative estimate of drug-likeness (QED) is 0.176. The summed E-state index contributed by atoms with van der Waals surface area (Å²) in [5.74, 6) is -0.0933. The van der Waals surface area contributed by atoms with E-state index in [1.165, 1.54) is 6.07 Å². The van der Waals surface area contributed by atoms with Crippen LogP contribution < -0.4 is 15.4 Å². The molecule has 0 atom stereocenters. The standard InChI is InChI=1S/C33H38ClFN4O3.C2H2/c1-22(20-41-4)18-39(31-16-26(33(36)40)9-8-23(31)2)24(3)19-38-14-12-25(13-15-38)30-6-5-7-32(37-30)42-21-27-10-11-28(34)17-29(27)35;1-2/h5-11,16-17,20,25H,3,12-15,18-19,21H2,1-2,4H3,(H2,36,40);1-2H/b22-20+;. The van der Waals surface area contributed by atoms with Crippen molar-refractivity contribution in [3.05, 3.63) is 112 Å². The lowest BCUT2D eigenvalue weighted by atomic mass is 9.93. The number of nitrogens with zero attached hydrogens (tertiary/aromatic N) is 3. The van der Waals surface area contributed by atoms with Crippen molar-refractivity contribution in [3.8, 4) is 18.7 Å². The predicted molar refractivity (Wildman–Crippen MR) is 175 cm³/mol. The molecular weight excluding hydrogens is 579 g/mol. The van der Waals surface area contributed by atoms with Gasteiger partial charge >= 0.3 is 0 Å². The topological polar surface area (TPSA) is 80.9 Å². The number of methoxy groups -OCH3 is 1. The second kappa shape index (κ2) is 16.5. The Kier molecular flexibility index (Phi) is 12.8. The highest BCUT2D eigenvalue weighted by molar-refractivity contribution is 6.30. The lowest BCUT2D eigenvalue weighted by Gasteiger charge is -2.36. The van der Waals surface area contributed by atoms with Crippen LogP contribution >= 0.6 is 11.6 Å². The Morgan fingerprint density at radius 3 is 2.59 bits per heavy atom. The molecule has 44 heavy (non-hydrogen) atoms. The molecule has 0 aliphatic carbocycles. The number of anilines is 1. The van der Waals surface area contributed by atoms with Crippen LogP contribution in [0.5, 0.6) is 5.88 Å². The first kappa shape index (κ1) is 34.2. The van der Waals surface area contributed by atoms with Crippen LogP contribution in [0.1, 0.15) is 52.9 Å². The van der Waals surface area contributed by atoms with Crippen molar-refractivity contribution in [1.82, 2.24) is 9.88 Å². The summed E-state index contributed by atoms with van der Waals surface area (Å²) in [6.45, 7) is 11.5. The monoisotopic (exact) mass is 618 g/mol. The molecule has 0 unspecified atom stereocenters. The van der Waals surface area contributed by atoms with Gasteiger partial charge in [0.25, 0.3) is 0 Å². The number of ether oxygens (including phenoxy) is 2. The zero-order valence-corrected chi connectivity index (χ0v) is 26.3.